The molecule has 7 N–H and O–H groups in total. The van der Waals surface area contributed by atoms with Gasteiger partial charge < -0.3 is 30.9 Å². The van der Waals surface area contributed by atoms with Crippen LogP contribution in [-0.4, -0.2) is 61.3 Å². The van der Waals surface area contributed by atoms with Gasteiger partial charge in [0.2, 0.25) is 11.7 Å². The first-order valence-corrected chi connectivity index (χ1v) is 13.3. The number of hydrogen-bond acceptors (Lipinski definition) is 9. The Bertz CT molecular complexity index is 1510. The Labute approximate surface area is 235 Å². The number of aliphatic hydroxyl groups is 3. The third-order valence-electron chi connectivity index (χ3n) is 8.11. The Kier molecular flexibility index (Phi) is 6.70. The number of ether oxygens (including phenoxy) is 1. The summed E-state index contributed by atoms with van der Waals surface area (Å²) in [6.45, 7) is 5.27. The topological polar surface area (TPSA) is 196 Å². The summed E-state index contributed by atoms with van der Waals surface area (Å²) in [7, 11) is 0. The Morgan fingerprint density at radius 3 is 2.32 bits per heavy atom. The molecule has 5 rings (SSSR count). The third-order valence-corrected chi connectivity index (χ3v) is 8.11. The van der Waals surface area contributed by atoms with Crippen LogP contribution in [0.25, 0.3) is 16.9 Å². The van der Waals surface area contributed by atoms with Gasteiger partial charge in [-0.2, -0.15) is 0 Å². The molecule has 11 nitrogen and oxygen atoms in total. The minimum Gasteiger partial charge on any atom is -0.507 e. The van der Waals surface area contributed by atoms with Gasteiger partial charge >= 0.3 is 6.09 Å². The smallest absolute Gasteiger partial charge is 0.412 e. The maximum Gasteiger partial charge on any atom is 0.412 e. The second-order valence-electron chi connectivity index (χ2n) is 11.9. The van der Waals surface area contributed by atoms with E-state index in [4.69, 9.17) is 10.5 Å². The number of benzene rings is 2. The lowest BCUT2D eigenvalue weighted by molar-refractivity contribution is -0.174. The molecule has 2 aromatic rings. The van der Waals surface area contributed by atoms with E-state index >= 15 is 0 Å². The number of ketones is 2. The SMILES string of the molecule is CC(C)(C)OC(=O)Nc1ccc(-c2ccc(O)c3c2C[C@H]2C[C@H]4CC(O)C(C(N)=O)C(=O)[C@@]4(O)C(=O)C2=C3O)cc1. The first-order chi connectivity index (χ1) is 19.1. The maximum absolute atomic E-state index is 13.7. The molecule has 2 saturated carbocycles. The van der Waals surface area contributed by atoms with Crippen molar-refractivity contribution in [3.8, 4) is 16.9 Å². The lowest BCUT2D eigenvalue weighted by atomic mass is 9.56. The average Bonchev–Trinajstić information content (AvgIpc) is 2.85. The summed E-state index contributed by atoms with van der Waals surface area (Å²) in [4.78, 5) is 50.7. The van der Waals surface area contributed by atoms with E-state index in [1.54, 1.807) is 51.1 Å². The summed E-state index contributed by atoms with van der Waals surface area (Å²) in [6, 6.07) is 9.90. The molecule has 11 heteroatoms. The standard InChI is InChI=1S/C30H32N2O9/c1-29(2,3)41-28(39)32-16-6-4-13(5-7-16)17-8-9-19(33)22-18(17)11-14-10-15-12-20(34)23(27(31)38)26(37)30(15,40)25(36)21(14)24(22)35/h4-9,14-15,20,23,33-35,40H,10-12H2,1-3H3,(H2,31,38)(H,32,39)/t14-,15+,20?,23?,30+/m1/s1. The van der Waals surface area contributed by atoms with Crippen LogP contribution in [0.15, 0.2) is 42.0 Å². The van der Waals surface area contributed by atoms with Crippen LogP contribution in [0.5, 0.6) is 5.75 Å². The monoisotopic (exact) mass is 564 g/mol. The average molecular weight is 565 g/mol. The van der Waals surface area contributed by atoms with E-state index in [-0.39, 0.29) is 36.1 Å². The minimum absolute atomic E-state index is 0.00912. The van der Waals surface area contributed by atoms with Crippen LogP contribution in [0.4, 0.5) is 10.5 Å². The van der Waals surface area contributed by atoms with Gasteiger partial charge in [0.25, 0.3) is 0 Å². The summed E-state index contributed by atoms with van der Waals surface area (Å²) < 4.78 is 5.27. The summed E-state index contributed by atoms with van der Waals surface area (Å²) >= 11 is 0. The van der Waals surface area contributed by atoms with Crippen molar-refractivity contribution >= 4 is 35.0 Å². The number of aliphatic hydroxyl groups excluding tert-OH is 2. The number of phenols is 1. The van der Waals surface area contributed by atoms with Crippen LogP contribution in [0.2, 0.25) is 0 Å². The number of nitrogens with two attached hydrogens (primary N) is 1. The number of anilines is 1. The van der Waals surface area contributed by atoms with Crippen LogP contribution in [-0.2, 0) is 25.5 Å². The second kappa shape index (κ2) is 9.71. The Morgan fingerprint density at radius 2 is 1.71 bits per heavy atom. The van der Waals surface area contributed by atoms with Gasteiger partial charge in [-0.25, -0.2) is 4.79 Å². The maximum atomic E-state index is 13.7. The first-order valence-electron chi connectivity index (χ1n) is 13.3. The number of carbonyl (C=O) groups is 4. The molecule has 216 valence electrons. The molecule has 0 aliphatic heterocycles. The van der Waals surface area contributed by atoms with E-state index in [1.165, 1.54) is 6.07 Å². The molecule has 3 aliphatic carbocycles. The molecule has 3 aliphatic rings. The number of fused-ring (bicyclic) bond motifs is 3. The van der Waals surface area contributed by atoms with Gasteiger partial charge in [0.15, 0.2) is 11.4 Å². The van der Waals surface area contributed by atoms with Crippen LogP contribution in [0.3, 0.4) is 0 Å². The first kappa shape index (κ1) is 28.3. The molecule has 0 heterocycles. The van der Waals surface area contributed by atoms with Crippen LogP contribution in [0.1, 0.15) is 44.7 Å². The molecule has 2 amide bonds. The largest absolute Gasteiger partial charge is 0.507 e. The summed E-state index contributed by atoms with van der Waals surface area (Å²) in [5, 5.41) is 46.5. The van der Waals surface area contributed by atoms with Crippen molar-refractivity contribution < 1.29 is 44.3 Å². The molecule has 0 aromatic heterocycles. The molecule has 5 atom stereocenters. The molecular formula is C30H32N2O9. The molecule has 0 saturated heterocycles. The second-order valence-corrected chi connectivity index (χ2v) is 11.9. The van der Waals surface area contributed by atoms with Gasteiger partial charge in [-0.05, 0) is 80.8 Å². The Morgan fingerprint density at radius 1 is 1.05 bits per heavy atom. The van der Waals surface area contributed by atoms with E-state index in [0.29, 0.717) is 22.4 Å². The Hall–Kier alpha value is -4.22. The third kappa shape index (κ3) is 4.64. The molecule has 2 fully saturated rings. The molecule has 0 radical (unpaired) electrons. The highest BCUT2D eigenvalue weighted by molar-refractivity contribution is 6.24. The van der Waals surface area contributed by atoms with Gasteiger partial charge in [0, 0.05) is 17.2 Å². The molecule has 2 aromatic carbocycles. The minimum atomic E-state index is -2.62. The van der Waals surface area contributed by atoms with Gasteiger partial charge in [0.1, 0.15) is 23.0 Å². The number of phenolic OH excluding ortho intramolecular Hbond substituents is 1. The van der Waals surface area contributed by atoms with E-state index < -0.39 is 64.4 Å². The van der Waals surface area contributed by atoms with Crippen molar-refractivity contribution in [3.63, 3.8) is 0 Å². The zero-order chi connectivity index (χ0) is 30.0. The highest BCUT2D eigenvalue weighted by atomic mass is 16.6. The van der Waals surface area contributed by atoms with E-state index in [2.05, 4.69) is 5.32 Å². The lowest BCUT2D eigenvalue weighted by Crippen LogP contribution is -2.66. The number of hydrogen-bond donors (Lipinski definition) is 6. The van der Waals surface area contributed by atoms with Crippen molar-refractivity contribution in [1.82, 2.24) is 0 Å². The van der Waals surface area contributed by atoms with Crippen molar-refractivity contribution in [2.75, 3.05) is 5.32 Å². The lowest BCUT2D eigenvalue weighted by Gasteiger charge is -2.48. The quantitative estimate of drug-likeness (QED) is 0.304. The number of rotatable bonds is 3. The van der Waals surface area contributed by atoms with Crippen molar-refractivity contribution in [3.05, 3.63) is 53.1 Å². The van der Waals surface area contributed by atoms with Crippen LogP contribution < -0.4 is 11.1 Å². The van der Waals surface area contributed by atoms with Crippen molar-refractivity contribution in [1.29, 1.82) is 0 Å². The van der Waals surface area contributed by atoms with E-state index in [0.717, 1.165) is 0 Å². The molecule has 41 heavy (non-hydrogen) atoms. The number of nitrogens with one attached hydrogen (secondary N) is 1. The Balaban J connectivity index is 1.52. The number of primary amides is 1. The van der Waals surface area contributed by atoms with Gasteiger partial charge in [-0.3, -0.25) is 19.7 Å². The fourth-order valence-corrected chi connectivity index (χ4v) is 6.35. The summed E-state index contributed by atoms with van der Waals surface area (Å²) in [6.07, 6.45) is -1.98. The predicted molar refractivity (Wildman–Crippen MR) is 147 cm³/mol. The zero-order valence-corrected chi connectivity index (χ0v) is 22.8. The van der Waals surface area contributed by atoms with Crippen LogP contribution in [0, 0.1) is 17.8 Å². The number of amides is 2. The normalized spacial score (nSPS) is 27.4. The van der Waals surface area contributed by atoms with Crippen molar-refractivity contribution in [2.24, 2.45) is 23.5 Å². The van der Waals surface area contributed by atoms with E-state index in [1.807, 2.05) is 0 Å². The number of carbonyl (C=O) groups excluding carboxylic acids is 4. The van der Waals surface area contributed by atoms with Gasteiger partial charge in [0.05, 0.1) is 11.7 Å². The molecule has 0 bridgehead atoms. The summed E-state index contributed by atoms with van der Waals surface area (Å²) in [5.41, 5.74) is 4.22. The highest BCUT2D eigenvalue weighted by Gasteiger charge is 2.64. The number of Topliss-reactive ketones (excluding diaryl/α,β-unsaturated/α-hetero) is 2. The van der Waals surface area contributed by atoms with Crippen molar-refractivity contribution in [2.45, 2.75) is 57.3 Å². The van der Waals surface area contributed by atoms with Gasteiger partial charge in [-0.1, -0.05) is 18.2 Å². The summed E-state index contributed by atoms with van der Waals surface area (Å²) in [5.74, 6) is -7.58. The molecule has 2 unspecified atom stereocenters. The highest BCUT2D eigenvalue weighted by Crippen LogP contribution is 2.52. The van der Waals surface area contributed by atoms with Crippen LogP contribution >= 0.6 is 0 Å². The molecule has 0 spiro atoms. The fourth-order valence-electron chi connectivity index (χ4n) is 6.35. The zero-order valence-electron chi connectivity index (χ0n) is 22.8. The number of aromatic hydroxyl groups is 1. The van der Waals surface area contributed by atoms with E-state index in [9.17, 15) is 39.6 Å². The predicted octanol–water partition coefficient (Wildman–Crippen LogP) is 2.60. The fraction of sp³-hybridized carbons (Fsp3) is 0.400. The van der Waals surface area contributed by atoms with Gasteiger partial charge in [-0.15, -0.1) is 0 Å². The molecular weight excluding hydrogens is 532 g/mol.